The van der Waals surface area contributed by atoms with Gasteiger partial charge in [0.25, 0.3) is 0 Å². The fourth-order valence-electron chi connectivity index (χ4n) is 2.56. The summed E-state index contributed by atoms with van der Waals surface area (Å²) < 4.78 is 22.7. The molecule has 2 rings (SSSR count). The van der Waals surface area contributed by atoms with E-state index in [9.17, 15) is 13.2 Å². The molecule has 19 heavy (non-hydrogen) atoms. The number of benzene rings is 1. The second-order valence-corrected chi connectivity index (χ2v) is 7.57. The Morgan fingerprint density at radius 1 is 1.26 bits per heavy atom. The molecule has 0 saturated carbocycles. The molecule has 0 bridgehead atoms. The molecule has 104 valence electrons. The number of hydrogen-bond acceptors (Lipinski definition) is 3. The van der Waals surface area contributed by atoms with Crippen LogP contribution in [0, 0.1) is 5.92 Å². The van der Waals surface area contributed by atoms with E-state index in [0.29, 0.717) is 18.4 Å². The van der Waals surface area contributed by atoms with Gasteiger partial charge in [-0.3, -0.25) is 4.79 Å². The minimum atomic E-state index is -2.89. The van der Waals surface area contributed by atoms with Gasteiger partial charge in [-0.1, -0.05) is 37.6 Å². The Labute approximate surface area is 114 Å². The molecule has 1 aliphatic rings. The highest BCUT2D eigenvalue weighted by Crippen LogP contribution is 2.23. The zero-order chi connectivity index (χ0) is 13.9. The van der Waals surface area contributed by atoms with E-state index in [0.717, 1.165) is 12.8 Å². The number of rotatable bonds is 5. The molecule has 1 aromatic carbocycles. The lowest BCUT2D eigenvalue weighted by Crippen LogP contribution is -2.10. The molecule has 1 heterocycles. The van der Waals surface area contributed by atoms with Crippen LogP contribution < -0.4 is 0 Å². The molecular formula is C15H20O3S. The highest BCUT2D eigenvalue weighted by molar-refractivity contribution is 7.91. The lowest BCUT2D eigenvalue weighted by molar-refractivity contribution is 0.0965. The Morgan fingerprint density at radius 3 is 2.47 bits per heavy atom. The van der Waals surface area contributed by atoms with Crippen molar-refractivity contribution < 1.29 is 13.2 Å². The normalized spacial score (nSPS) is 21.4. The van der Waals surface area contributed by atoms with Crippen LogP contribution in [-0.2, 0) is 16.3 Å². The Hall–Kier alpha value is -1.16. The van der Waals surface area contributed by atoms with Crippen LogP contribution in [0.1, 0.15) is 42.1 Å². The first-order valence-electron chi connectivity index (χ1n) is 6.83. The van der Waals surface area contributed by atoms with Gasteiger partial charge >= 0.3 is 0 Å². The minimum absolute atomic E-state index is 0.00724. The molecule has 1 saturated heterocycles. The number of hydrogen-bond donors (Lipinski definition) is 0. The monoisotopic (exact) mass is 280 g/mol. The third kappa shape index (κ3) is 3.90. The lowest BCUT2D eigenvalue weighted by atomic mass is 9.97. The van der Waals surface area contributed by atoms with E-state index in [1.807, 2.05) is 24.3 Å². The minimum Gasteiger partial charge on any atom is -0.294 e. The second kappa shape index (κ2) is 5.87. The molecule has 0 aliphatic carbocycles. The molecule has 1 aromatic rings. The van der Waals surface area contributed by atoms with E-state index in [1.54, 1.807) is 0 Å². The van der Waals surface area contributed by atoms with Gasteiger partial charge in [-0.05, 0) is 24.3 Å². The number of carbonyl (C=O) groups is 1. The van der Waals surface area contributed by atoms with E-state index < -0.39 is 9.84 Å². The molecule has 4 heteroatoms. The van der Waals surface area contributed by atoms with Crippen molar-refractivity contribution in [3.63, 3.8) is 0 Å². The molecular weight excluding hydrogens is 260 g/mol. The van der Waals surface area contributed by atoms with Crippen molar-refractivity contribution in [1.29, 1.82) is 0 Å². The van der Waals surface area contributed by atoms with Crippen LogP contribution in [0.3, 0.4) is 0 Å². The summed E-state index contributed by atoms with van der Waals surface area (Å²) >= 11 is 0. The predicted molar refractivity (Wildman–Crippen MR) is 76.1 cm³/mol. The Morgan fingerprint density at radius 2 is 1.95 bits per heavy atom. The summed E-state index contributed by atoms with van der Waals surface area (Å²) in [6, 6.07) is 7.69. The third-order valence-corrected chi connectivity index (χ3v) is 5.45. The zero-order valence-corrected chi connectivity index (χ0v) is 12.1. The molecule has 1 fully saturated rings. The summed E-state index contributed by atoms with van der Waals surface area (Å²) in [7, 11) is -2.89. The molecule has 3 nitrogen and oxygen atoms in total. The van der Waals surface area contributed by atoms with E-state index in [-0.39, 0.29) is 23.2 Å². The fraction of sp³-hybridized carbons (Fsp3) is 0.533. The zero-order valence-electron chi connectivity index (χ0n) is 11.3. The van der Waals surface area contributed by atoms with Gasteiger partial charge in [0.1, 0.15) is 0 Å². The summed E-state index contributed by atoms with van der Waals surface area (Å²) in [4.78, 5) is 12.1. The quantitative estimate of drug-likeness (QED) is 0.779. The van der Waals surface area contributed by atoms with Crippen LogP contribution >= 0.6 is 0 Å². The number of Topliss-reactive ketones (excluding diaryl/α,β-unsaturated/α-hetero) is 1. The number of carbonyl (C=O) groups excluding carboxylic acids is 1. The van der Waals surface area contributed by atoms with Crippen molar-refractivity contribution in [2.45, 2.75) is 32.6 Å². The van der Waals surface area contributed by atoms with Gasteiger partial charge in [0.2, 0.25) is 0 Å². The van der Waals surface area contributed by atoms with Crippen LogP contribution in [0.25, 0.3) is 0 Å². The van der Waals surface area contributed by atoms with Crippen molar-refractivity contribution in [1.82, 2.24) is 0 Å². The van der Waals surface area contributed by atoms with Crippen LogP contribution in [0.2, 0.25) is 0 Å². The van der Waals surface area contributed by atoms with Gasteiger partial charge in [0, 0.05) is 12.0 Å². The number of sulfone groups is 1. The van der Waals surface area contributed by atoms with Crippen molar-refractivity contribution in [3.8, 4) is 0 Å². The lowest BCUT2D eigenvalue weighted by Gasteiger charge is -2.07. The molecule has 0 aromatic heterocycles. The smallest absolute Gasteiger partial charge is 0.163 e. The third-order valence-electron chi connectivity index (χ3n) is 3.62. The molecule has 0 amide bonds. The van der Waals surface area contributed by atoms with Gasteiger partial charge in [-0.15, -0.1) is 0 Å². The second-order valence-electron chi connectivity index (χ2n) is 5.34. The average molecular weight is 280 g/mol. The average Bonchev–Trinajstić information content (AvgIpc) is 2.70. The summed E-state index contributed by atoms with van der Waals surface area (Å²) in [6.07, 6.45) is 3.09. The maximum atomic E-state index is 12.1. The maximum Gasteiger partial charge on any atom is 0.163 e. The maximum absolute atomic E-state index is 12.1. The summed E-state index contributed by atoms with van der Waals surface area (Å²) in [5.74, 6) is 0.477. The highest BCUT2D eigenvalue weighted by atomic mass is 32.2. The van der Waals surface area contributed by atoms with Crippen LogP contribution in [0.4, 0.5) is 0 Å². The van der Waals surface area contributed by atoms with Crippen molar-refractivity contribution in [2.75, 3.05) is 11.5 Å². The van der Waals surface area contributed by atoms with Crippen LogP contribution in [-0.4, -0.2) is 25.7 Å². The van der Waals surface area contributed by atoms with Gasteiger partial charge in [-0.25, -0.2) is 8.42 Å². The summed E-state index contributed by atoms with van der Waals surface area (Å²) in [5.41, 5.74) is 1.94. The van der Waals surface area contributed by atoms with Crippen molar-refractivity contribution in [3.05, 3.63) is 35.4 Å². The topological polar surface area (TPSA) is 51.2 Å². The highest BCUT2D eigenvalue weighted by Gasteiger charge is 2.29. The largest absolute Gasteiger partial charge is 0.294 e. The van der Waals surface area contributed by atoms with Crippen LogP contribution in [0.5, 0.6) is 0 Å². The Balaban J connectivity index is 1.96. The molecule has 1 unspecified atom stereocenters. The number of aryl methyl sites for hydroxylation is 1. The van der Waals surface area contributed by atoms with E-state index in [2.05, 4.69) is 6.92 Å². The SMILES string of the molecule is CCCc1ccc(C(=O)CC2CCS(=O)(=O)C2)cc1. The van der Waals surface area contributed by atoms with Crippen molar-refractivity contribution >= 4 is 15.6 Å². The predicted octanol–water partition coefficient (Wildman–Crippen LogP) is 2.65. The first-order chi connectivity index (χ1) is 9.00. The van der Waals surface area contributed by atoms with Gasteiger partial charge in [0.15, 0.2) is 15.6 Å². The summed E-state index contributed by atoms with van der Waals surface area (Å²) in [6.45, 7) is 2.12. The van der Waals surface area contributed by atoms with E-state index in [4.69, 9.17) is 0 Å². The molecule has 0 radical (unpaired) electrons. The summed E-state index contributed by atoms with van der Waals surface area (Å²) in [5, 5.41) is 0. The van der Waals surface area contributed by atoms with E-state index in [1.165, 1.54) is 5.56 Å². The van der Waals surface area contributed by atoms with Gasteiger partial charge in [0.05, 0.1) is 11.5 Å². The van der Waals surface area contributed by atoms with Crippen molar-refractivity contribution in [2.24, 2.45) is 5.92 Å². The van der Waals surface area contributed by atoms with E-state index >= 15 is 0 Å². The standard InChI is InChI=1S/C15H20O3S/c1-2-3-12-4-6-14(7-5-12)15(16)10-13-8-9-19(17,18)11-13/h4-7,13H,2-3,8-11H2,1H3. The Kier molecular flexibility index (Phi) is 4.40. The van der Waals surface area contributed by atoms with Gasteiger partial charge in [-0.2, -0.15) is 0 Å². The number of ketones is 1. The molecule has 0 N–H and O–H groups in total. The van der Waals surface area contributed by atoms with Crippen LogP contribution in [0.15, 0.2) is 24.3 Å². The molecule has 1 aliphatic heterocycles. The Bertz CT molecular complexity index is 543. The fourth-order valence-corrected chi connectivity index (χ4v) is 4.42. The first-order valence-corrected chi connectivity index (χ1v) is 8.65. The first kappa shape index (κ1) is 14.3. The molecule has 0 spiro atoms. The van der Waals surface area contributed by atoms with Gasteiger partial charge < -0.3 is 0 Å². The molecule has 1 atom stereocenters.